The lowest BCUT2D eigenvalue weighted by atomic mass is 10.1. The maximum Gasteiger partial charge on any atom is 0.341 e. The Morgan fingerprint density at radius 1 is 1.00 bits per heavy atom. The van der Waals surface area contributed by atoms with E-state index in [0.29, 0.717) is 10.6 Å². The van der Waals surface area contributed by atoms with E-state index in [1.165, 1.54) is 18.4 Å². The van der Waals surface area contributed by atoms with E-state index in [-0.39, 0.29) is 30.9 Å². The van der Waals surface area contributed by atoms with Crippen LogP contribution >= 0.6 is 69.3 Å². The molecule has 0 spiro atoms. The molecule has 1 aromatic carbocycles. The van der Waals surface area contributed by atoms with Crippen LogP contribution in [0.2, 0.25) is 25.1 Å². The Labute approximate surface area is 189 Å². The van der Waals surface area contributed by atoms with E-state index in [0.717, 1.165) is 29.7 Å². The molecule has 0 atom stereocenters. The van der Waals surface area contributed by atoms with Crippen LogP contribution in [0.3, 0.4) is 0 Å². The number of aryl methyl sites for hydroxylation is 1. The number of hydrogen-bond acceptors (Lipinski definition) is 5. The average molecular weight is 504 g/mol. The van der Waals surface area contributed by atoms with E-state index in [4.69, 9.17) is 67.5 Å². The van der Waals surface area contributed by atoms with Gasteiger partial charge in [0.15, 0.2) is 12.4 Å². The predicted molar refractivity (Wildman–Crippen MR) is 113 cm³/mol. The number of hydrogen-bond donors (Lipinski definition) is 1. The van der Waals surface area contributed by atoms with Gasteiger partial charge in [-0.2, -0.15) is 0 Å². The summed E-state index contributed by atoms with van der Waals surface area (Å²) in [4.78, 5) is 25.6. The van der Waals surface area contributed by atoms with Gasteiger partial charge in [0.05, 0.1) is 27.7 Å². The van der Waals surface area contributed by atoms with Crippen LogP contribution in [-0.2, 0) is 22.4 Å². The Hall–Kier alpha value is -0.890. The molecule has 0 bridgehead atoms. The quantitative estimate of drug-likeness (QED) is 0.295. The van der Waals surface area contributed by atoms with Gasteiger partial charge in [-0.1, -0.05) is 58.0 Å². The molecule has 0 radical (unpaired) electrons. The smallest absolute Gasteiger partial charge is 0.341 e. The van der Waals surface area contributed by atoms with Crippen molar-refractivity contribution in [2.45, 2.75) is 19.3 Å². The zero-order valence-corrected chi connectivity index (χ0v) is 18.9. The number of fused-ring (bicyclic) bond motifs is 1. The summed E-state index contributed by atoms with van der Waals surface area (Å²) >= 11 is 31.4. The SMILES string of the molecule is COC(=O)c1c(NC(=O)COc2c(Cl)c(Cl)c(Cl)c(Cl)c2Cl)sc2c1CCC2. The molecule has 1 aromatic heterocycles. The minimum Gasteiger partial charge on any atom is -0.481 e. The lowest BCUT2D eigenvalue weighted by molar-refractivity contribution is -0.118. The summed E-state index contributed by atoms with van der Waals surface area (Å²) in [5, 5.41) is 2.92. The summed E-state index contributed by atoms with van der Waals surface area (Å²) in [5.41, 5.74) is 1.32. The number of nitrogens with one attached hydrogen (secondary N) is 1. The second-order valence-electron chi connectivity index (χ2n) is 5.79. The van der Waals surface area contributed by atoms with Gasteiger partial charge in [0.25, 0.3) is 5.91 Å². The molecular weight excluding hydrogens is 492 g/mol. The minimum atomic E-state index is -0.514. The fraction of sp³-hybridized carbons (Fsp3) is 0.294. The molecule has 11 heteroatoms. The zero-order valence-electron chi connectivity index (χ0n) is 14.3. The second kappa shape index (κ2) is 8.86. The van der Waals surface area contributed by atoms with Crippen molar-refractivity contribution in [2.75, 3.05) is 19.0 Å². The number of benzene rings is 1. The molecule has 1 heterocycles. The topological polar surface area (TPSA) is 64.6 Å². The average Bonchev–Trinajstić information content (AvgIpc) is 3.24. The molecule has 0 fully saturated rings. The third-order valence-corrected chi connectivity index (χ3v) is 7.53. The van der Waals surface area contributed by atoms with Gasteiger partial charge in [-0.05, 0) is 24.8 Å². The lowest BCUT2D eigenvalue weighted by Crippen LogP contribution is -2.21. The fourth-order valence-electron chi connectivity index (χ4n) is 2.82. The normalized spacial score (nSPS) is 12.6. The molecule has 2 aromatic rings. The highest BCUT2D eigenvalue weighted by molar-refractivity contribution is 7.17. The van der Waals surface area contributed by atoms with Crippen molar-refractivity contribution in [3.63, 3.8) is 0 Å². The Balaban J connectivity index is 1.77. The highest BCUT2D eigenvalue weighted by Gasteiger charge is 2.28. The van der Waals surface area contributed by atoms with E-state index in [2.05, 4.69) is 5.32 Å². The van der Waals surface area contributed by atoms with Gasteiger partial charge in [-0.15, -0.1) is 11.3 Å². The Kier molecular flexibility index (Phi) is 6.90. The van der Waals surface area contributed by atoms with Crippen molar-refractivity contribution in [1.82, 2.24) is 0 Å². The molecule has 1 aliphatic carbocycles. The summed E-state index contributed by atoms with van der Waals surface area (Å²) in [6.07, 6.45) is 2.61. The molecule has 1 amide bonds. The van der Waals surface area contributed by atoms with Crippen molar-refractivity contribution in [2.24, 2.45) is 0 Å². The zero-order chi connectivity index (χ0) is 20.6. The molecule has 0 saturated heterocycles. The van der Waals surface area contributed by atoms with Gasteiger partial charge in [0, 0.05) is 4.88 Å². The number of rotatable bonds is 5. The number of carbonyl (C=O) groups excluding carboxylic acids is 2. The number of thiophene rings is 1. The van der Waals surface area contributed by atoms with Gasteiger partial charge in [0.1, 0.15) is 15.0 Å². The van der Waals surface area contributed by atoms with Crippen LogP contribution in [-0.4, -0.2) is 25.6 Å². The highest BCUT2D eigenvalue weighted by Crippen LogP contribution is 2.48. The molecule has 28 heavy (non-hydrogen) atoms. The van der Waals surface area contributed by atoms with Crippen LogP contribution in [0.25, 0.3) is 0 Å². The molecule has 0 aliphatic heterocycles. The second-order valence-corrected chi connectivity index (χ2v) is 8.78. The summed E-state index contributed by atoms with van der Waals surface area (Å²) in [6.45, 7) is -0.434. The largest absolute Gasteiger partial charge is 0.481 e. The van der Waals surface area contributed by atoms with Gasteiger partial charge in [0.2, 0.25) is 0 Å². The summed E-state index contributed by atoms with van der Waals surface area (Å²) in [7, 11) is 1.30. The predicted octanol–water partition coefficient (Wildman–Crippen LogP) is 6.31. The van der Waals surface area contributed by atoms with Crippen molar-refractivity contribution >= 4 is 86.2 Å². The number of esters is 1. The van der Waals surface area contributed by atoms with Gasteiger partial charge < -0.3 is 14.8 Å². The summed E-state index contributed by atoms with van der Waals surface area (Å²) in [5.74, 6) is -1.06. The maximum absolute atomic E-state index is 12.4. The van der Waals surface area contributed by atoms with Gasteiger partial charge in [-0.3, -0.25) is 4.79 Å². The molecule has 5 nitrogen and oxygen atoms in total. The molecule has 0 saturated carbocycles. The fourth-order valence-corrected chi connectivity index (χ4v) is 5.35. The molecule has 3 rings (SSSR count). The third kappa shape index (κ3) is 4.04. The van der Waals surface area contributed by atoms with Crippen molar-refractivity contribution in [1.29, 1.82) is 0 Å². The molecule has 150 valence electrons. The Morgan fingerprint density at radius 3 is 2.21 bits per heavy atom. The lowest BCUT2D eigenvalue weighted by Gasteiger charge is -2.13. The molecular formula is C17H12Cl5NO4S. The minimum absolute atomic E-state index is 0.00837. The van der Waals surface area contributed by atoms with E-state index < -0.39 is 18.5 Å². The first-order chi connectivity index (χ1) is 13.3. The first-order valence-electron chi connectivity index (χ1n) is 7.93. The van der Waals surface area contributed by atoms with E-state index >= 15 is 0 Å². The molecule has 1 aliphatic rings. The monoisotopic (exact) mass is 501 g/mol. The summed E-state index contributed by atoms with van der Waals surface area (Å²) < 4.78 is 10.3. The Morgan fingerprint density at radius 2 is 1.61 bits per heavy atom. The third-order valence-electron chi connectivity index (χ3n) is 4.08. The molecule has 0 unspecified atom stereocenters. The standard InChI is InChI=1S/C17H12Cl5NO4S/c1-26-17(25)9-6-3-2-4-7(6)28-16(9)23-8(24)5-27-15-13(21)11(19)10(18)12(20)14(15)22/h2-5H2,1H3,(H,23,24). The van der Waals surface area contributed by atoms with Crippen molar-refractivity contribution in [3.05, 3.63) is 41.1 Å². The number of halogens is 5. The first kappa shape index (κ1) is 21.8. The van der Waals surface area contributed by atoms with Crippen LogP contribution in [0.4, 0.5) is 5.00 Å². The van der Waals surface area contributed by atoms with Gasteiger partial charge >= 0.3 is 5.97 Å². The number of ether oxygens (including phenoxy) is 2. The van der Waals surface area contributed by atoms with E-state index in [1.807, 2.05) is 0 Å². The van der Waals surface area contributed by atoms with Crippen LogP contribution < -0.4 is 10.1 Å². The van der Waals surface area contributed by atoms with Crippen LogP contribution in [0.1, 0.15) is 27.2 Å². The maximum atomic E-state index is 12.4. The molecule has 1 N–H and O–H groups in total. The number of amides is 1. The number of methoxy groups -OCH3 is 1. The van der Waals surface area contributed by atoms with Crippen molar-refractivity contribution in [3.8, 4) is 5.75 Å². The van der Waals surface area contributed by atoms with E-state index in [1.54, 1.807) is 0 Å². The summed E-state index contributed by atoms with van der Waals surface area (Å²) in [6, 6.07) is 0. The van der Waals surface area contributed by atoms with Crippen LogP contribution in [0.15, 0.2) is 0 Å². The highest BCUT2D eigenvalue weighted by atomic mass is 35.5. The Bertz CT molecular complexity index is 946. The van der Waals surface area contributed by atoms with E-state index in [9.17, 15) is 9.59 Å². The van der Waals surface area contributed by atoms with Gasteiger partial charge in [-0.25, -0.2) is 4.79 Å². The first-order valence-corrected chi connectivity index (χ1v) is 10.6. The number of carbonyl (C=O) groups is 2. The van der Waals surface area contributed by atoms with Crippen LogP contribution in [0.5, 0.6) is 5.75 Å². The number of anilines is 1. The van der Waals surface area contributed by atoms with Crippen LogP contribution in [0, 0.1) is 0 Å². The van der Waals surface area contributed by atoms with Crippen molar-refractivity contribution < 1.29 is 19.1 Å².